The normalized spacial score (nSPS) is 13.5. The Balaban J connectivity index is 2.12. The fourth-order valence-electron chi connectivity index (χ4n) is 2.17. The third-order valence-electron chi connectivity index (χ3n) is 3.77. The molecule has 0 saturated carbocycles. The summed E-state index contributed by atoms with van der Waals surface area (Å²) in [5.74, 6) is 0. The van der Waals surface area contributed by atoms with Gasteiger partial charge in [-0.1, -0.05) is 60.7 Å². The number of phosphoric ester groups is 1. The van der Waals surface area contributed by atoms with E-state index >= 15 is 0 Å². The van der Waals surface area contributed by atoms with Gasteiger partial charge in [-0.3, -0.25) is 13.6 Å². The molecule has 142 valence electrons. The van der Waals surface area contributed by atoms with Gasteiger partial charge in [0.1, 0.15) is 11.8 Å². The number of rotatable bonds is 10. The molecule has 2 aromatic rings. The maximum atomic E-state index is 14.1. The Labute approximate surface area is 153 Å². The van der Waals surface area contributed by atoms with Crippen LogP contribution in [-0.2, 0) is 31.4 Å². The molecule has 1 unspecified atom stereocenters. The van der Waals surface area contributed by atoms with Crippen LogP contribution in [0.5, 0.6) is 0 Å². The van der Waals surface area contributed by atoms with E-state index in [9.17, 15) is 8.96 Å². The molecule has 0 spiro atoms. The van der Waals surface area contributed by atoms with Crippen molar-refractivity contribution in [1.29, 1.82) is 0 Å². The quantitative estimate of drug-likeness (QED) is 0.608. The van der Waals surface area contributed by atoms with Gasteiger partial charge in [-0.05, 0) is 25.0 Å². The lowest BCUT2D eigenvalue weighted by molar-refractivity contribution is -0.0202. The second-order valence-corrected chi connectivity index (χ2v) is 7.96. The molecule has 5 nitrogen and oxygen atoms in total. The predicted octanol–water partition coefficient (Wildman–Crippen LogP) is 4.62. The number of hydrogen-bond donors (Lipinski definition) is 1. The fourth-order valence-corrected chi connectivity index (χ4v) is 3.66. The smallest absolute Gasteiger partial charge is 0.328 e. The second-order valence-electron chi connectivity index (χ2n) is 6.36. The van der Waals surface area contributed by atoms with Gasteiger partial charge in [0.05, 0.1) is 13.2 Å². The summed E-state index contributed by atoms with van der Waals surface area (Å²) in [6, 6.07) is 18.4. The highest BCUT2D eigenvalue weighted by molar-refractivity contribution is 7.48. The van der Waals surface area contributed by atoms with Crippen molar-refractivity contribution in [3.05, 3.63) is 71.8 Å². The molecule has 0 amide bonds. The average molecular weight is 381 g/mol. The predicted molar refractivity (Wildman–Crippen MR) is 99.2 cm³/mol. The molecule has 2 N–H and O–H groups in total. The van der Waals surface area contributed by atoms with Gasteiger partial charge < -0.3 is 5.73 Å². The van der Waals surface area contributed by atoms with Crippen LogP contribution in [-0.4, -0.2) is 18.3 Å². The summed E-state index contributed by atoms with van der Waals surface area (Å²) in [6.45, 7) is 2.71. The van der Waals surface area contributed by atoms with Crippen LogP contribution in [0.2, 0.25) is 0 Å². The van der Waals surface area contributed by atoms with Crippen molar-refractivity contribution in [3.63, 3.8) is 0 Å². The molecule has 0 heterocycles. The van der Waals surface area contributed by atoms with Crippen LogP contribution in [0.25, 0.3) is 0 Å². The summed E-state index contributed by atoms with van der Waals surface area (Å²) >= 11 is 0. The standard InChI is InChI=1S/C19H25FNO4P/c1-19(2,18(20)13-21)25-26(22,23-14-16-9-5-3-6-10-16)24-15-17-11-7-4-8-12-17/h3-12,18H,13-15,21H2,1-2H3. The minimum Gasteiger partial charge on any atom is -0.328 e. The van der Waals surface area contributed by atoms with E-state index in [4.69, 9.17) is 19.3 Å². The lowest BCUT2D eigenvalue weighted by Gasteiger charge is -2.31. The van der Waals surface area contributed by atoms with Crippen molar-refractivity contribution in [2.75, 3.05) is 6.54 Å². The molecular weight excluding hydrogens is 356 g/mol. The average Bonchev–Trinajstić information content (AvgIpc) is 2.65. The van der Waals surface area contributed by atoms with Crippen LogP contribution in [0.3, 0.4) is 0 Å². The van der Waals surface area contributed by atoms with Gasteiger partial charge in [0.15, 0.2) is 0 Å². The van der Waals surface area contributed by atoms with E-state index in [0.717, 1.165) is 11.1 Å². The topological polar surface area (TPSA) is 70.8 Å². The Bertz CT molecular complexity index is 664. The second kappa shape index (κ2) is 9.40. The number of hydrogen-bond acceptors (Lipinski definition) is 5. The zero-order valence-corrected chi connectivity index (χ0v) is 15.9. The van der Waals surface area contributed by atoms with Crippen LogP contribution in [0, 0.1) is 0 Å². The van der Waals surface area contributed by atoms with Gasteiger partial charge in [-0.15, -0.1) is 0 Å². The molecule has 0 aliphatic rings. The molecule has 0 aromatic heterocycles. The van der Waals surface area contributed by atoms with Crippen molar-refractivity contribution in [2.24, 2.45) is 5.73 Å². The summed E-state index contributed by atoms with van der Waals surface area (Å²) in [5.41, 5.74) is 5.56. The van der Waals surface area contributed by atoms with E-state index in [1.807, 2.05) is 60.7 Å². The van der Waals surface area contributed by atoms with Crippen molar-refractivity contribution in [3.8, 4) is 0 Å². The molecule has 1 atom stereocenters. The third kappa shape index (κ3) is 6.31. The van der Waals surface area contributed by atoms with E-state index in [2.05, 4.69) is 0 Å². The maximum Gasteiger partial charge on any atom is 0.476 e. The van der Waals surface area contributed by atoms with E-state index in [1.54, 1.807) is 0 Å². The molecule has 0 radical (unpaired) electrons. The summed E-state index contributed by atoms with van der Waals surface area (Å²) in [4.78, 5) is 0. The first-order valence-corrected chi connectivity index (χ1v) is 9.82. The third-order valence-corrected chi connectivity index (χ3v) is 5.36. The van der Waals surface area contributed by atoms with Gasteiger partial charge in [-0.25, -0.2) is 8.96 Å². The van der Waals surface area contributed by atoms with Crippen molar-refractivity contribution < 1.29 is 22.5 Å². The van der Waals surface area contributed by atoms with Crippen LogP contribution >= 0.6 is 7.82 Å². The van der Waals surface area contributed by atoms with E-state index < -0.39 is 19.6 Å². The van der Waals surface area contributed by atoms with Crippen molar-refractivity contribution >= 4 is 7.82 Å². The highest BCUT2D eigenvalue weighted by Crippen LogP contribution is 2.54. The first-order chi connectivity index (χ1) is 12.3. The van der Waals surface area contributed by atoms with E-state index in [-0.39, 0.29) is 19.8 Å². The monoisotopic (exact) mass is 381 g/mol. The number of nitrogens with two attached hydrogens (primary N) is 1. The SMILES string of the molecule is CC(C)(OP(=O)(OCc1ccccc1)OCc1ccccc1)C(F)CN. The largest absolute Gasteiger partial charge is 0.476 e. The molecule has 7 heteroatoms. The molecule has 2 rings (SSSR count). The van der Waals surface area contributed by atoms with Gasteiger partial charge in [-0.2, -0.15) is 0 Å². The van der Waals surface area contributed by atoms with Crippen molar-refractivity contribution in [2.45, 2.75) is 38.8 Å². The molecule has 26 heavy (non-hydrogen) atoms. The molecule has 0 saturated heterocycles. The summed E-state index contributed by atoms with van der Waals surface area (Å²) < 4.78 is 43.6. The lowest BCUT2D eigenvalue weighted by Crippen LogP contribution is -2.40. The lowest BCUT2D eigenvalue weighted by atomic mass is 10.0. The first kappa shape index (κ1) is 20.7. The van der Waals surface area contributed by atoms with Crippen LogP contribution < -0.4 is 5.73 Å². The zero-order valence-electron chi connectivity index (χ0n) is 15.0. The van der Waals surface area contributed by atoms with Crippen molar-refractivity contribution in [1.82, 2.24) is 0 Å². The highest BCUT2D eigenvalue weighted by atomic mass is 31.2. The molecule has 0 fully saturated rings. The van der Waals surface area contributed by atoms with Gasteiger partial charge in [0.25, 0.3) is 0 Å². The Morgan fingerprint density at radius 2 is 1.38 bits per heavy atom. The molecular formula is C19H25FNO4P. The van der Waals surface area contributed by atoms with Gasteiger partial charge in [0.2, 0.25) is 0 Å². The van der Waals surface area contributed by atoms with E-state index in [1.165, 1.54) is 13.8 Å². The summed E-state index contributed by atoms with van der Waals surface area (Å²) in [5, 5.41) is 0. The van der Waals surface area contributed by atoms with Gasteiger partial charge in [0, 0.05) is 6.54 Å². The molecule has 2 aromatic carbocycles. The highest BCUT2D eigenvalue weighted by Gasteiger charge is 2.40. The Morgan fingerprint density at radius 3 is 1.77 bits per heavy atom. The number of alkyl halides is 1. The van der Waals surface area contributed by atoms with Crippen LogP contribution in [0.1, 0.15) is 25.0 Å². The first-order valence-electron chi connectivity index (χ1n) is 8.36. The minimum absolute atomic E-state index is 0.0164. The number of halogens is 1. The number of phosphoric acid groups is 1. The van der Waals surface area contributed by atoms with Crippen LogP contribution in [0.15, 0.2) is 60.7 Å². The zero-order chi connectivity index (χ0) is 19.0. The van der Waals surface area contributed by atoms with Crippen LogP contribution in [0.4, 0.5) is 4.39 Å². The van der Waals surface area contributed by atoms with Gasteiger partial charge >= 0.3 is 7.82 Å². The molecule has 0 aliphatic carbocycles. The summed E-state index contributed by atoms with van der Waals surface area (Å²) in [7, 11) is -4.03. The summed E-state index contributed by atoms with van der Waals surface area (Å²) in [6.07, 6.45) is -1.52. The Kier molecular flexibility index (Phi) is 7.50. The minimum atomic E-state index is -4.03. The fraction of sp³-hybridized carbons (Fsp3) is 0.368. The Hall–Kier alpha value is -1.56. The number of benzene rings is 2. The molecule has 0 bridgehead atoms. The maximum absolute atomic E-state index is 14.1. The van der Waals surface area contributed by atoms with E-state index in [0.29, 0.717) is 0 Å². The molecule has 0 aliphatic heterocycles. The Morgan fingerprint density at radius 1 is 0.962 bits per heavy atom.